The van der Waals surface area contributed by atoms with Crippen molar-refractivity contribution in [2.45, 2.75) is 40.5 Å². The van der Waals surface area contributed by atoms with E-state index < -0.39 is 18.5 Å². The molecule has 0 bridgehead atoms. The number of anilines is 1. The van der Waals surface area contributed by atoms with Crippen molar-refractivity contribution >= 4 is 29.1 Å². The number of thiophene rings is 1. The van der Waals surface area contributed by atoms with Crippen LogP contribution in [0.25, 0.3) is 0 Å². The lowest BCUT2D eigenvalue weighted by Crippen LogP contribution is -2.20. The molecule has 2 aromatic rings. The van der Waals surface area contributed by atoms with Gasteiger partial charge in [-0.25, -0.2) is 4.79 Å². The van der Waals surface area contributed by atoms with Crippen LogP contribution in [0.3, 0.4) is 0 Å². The maximum Gasteiger partial charge on any atom is 0.348 e. The Morgan fingerprint density at radius 2 is 2.08 bits per heavy atom. The van der Waals surface area contributed by atoms with Crippen molar-refractivity contribution in [2.24, 2.45) is 0 Å². The van der Waals surface area contributed by atoms with Crippen LogP contribution in [0, 0.1) is 32.1 Å². The summed E-state index contributed by atoms with van der Waals surface area (Å²) in [5.41, 5.74) is 2.08. The molecule has 1 N–H and O–H groups in total. The molecule has 0 saturated carbocycles. The monoisotopic (exact) mass is 360 g/mol. The molecule has 0 radical (unpaired) electrons. The van der Waals surface area contributed by atoms with Crippen molar-refractivity contribution < 1.29 is 18.7 Å². The molecule has 0 aromatic carbocycles. The Kier molecular flexibility index (Phi) is 5.99. The number of carbonyl (C=O) groups excluding carboxylic acids is 2. The highest BCUT2D eigenvalue weighted by molar-refractivity contribution is 7.14. The highest BCUT2D eigenvalue weighted by atomic mass is 32.1. The van der Waals surface area contributed by atoms with Gasteiger partial charge in [-0.3, -0.25) is 10.1 Å². The minimum atomic E-state index is -0.555. The molecular weight excluding hydrogens is 340 g/mol. The number of nitriles is 1. The summed E-state index contributed by atoms with van der Waals surface area (Å²) in [6.07, 6.45) is 1.90. The maximum atomic E-state index is 12.1. The van der Waals surface area contributed by atoms with Gasteiger partial charge in [-0.1, -0.05) is 13.3 Å². The fraction of sp³-hybridized carbons (Fsp3) is 0.389. The third-order valence-electron chi connectivity index (χ3n) is 3.83. The molecule has 25 heavy (non-hydrogen) atoms. The quantitative estimate of drug-likeness (QED) is 0.789. The van der Waals surface area contributed by atoms with Crippen molar-refractivity contribution in [1.29, 1.82) is 5.26 Å². The molecule has 0 atom stereocenters. The Hall–Kier alpha value is -2.59. The minimum Gasteiger partial charge on any atom is -0.451 e. The van der Waals surface area contributed by atoms with E-state index in [-0.39, 0.29) is 11.4 Å². The van der Waals surface area contributed by atoms with Gasteiger partial charge in [0.25, 0.3) is 5.91 Å². The smallest absolute Gasteiger partial charge is 0.348 e. The van der Waals surface area contributed by atoms with Crippen molar-refractivity contribution in [2.75, 3.05) is 11.9 Å². The first-order valence-electron chi connectivity index (χ1n) is 7.93. The van der Waals surface area contributed by atoms with Crippen LogP contribution >= 0.6 is 11.3 Å². The topological polar surface area (TPSA) is 92.3 Å². The number of rotatable bonds is 6. The summed E-state index contributed by atoms with van der Waals surface area (Å²) in [5.74, 6) is -0.448. The summed E-state index contributed by atoms with van der Waals surface area (Å²) in [4.78, 5) is 25.6. The Labute approximate surface area is 150 Å². The molecule has 2 rings (SSSR count). The number of nitrogens with zero attached hydrogens (tertiary/aromatic N) is 1. The number of aryl methyl sites for hydroxylation is 3. The molecule has 132 valence electrons. The average molecular weight is 360 g/mol. The third-order valence-corrected chi connectivity index (χ3v) is 4.90. The standard InChI is InChI=1S/C18H20N2O4S/c1-5-6-13-7-15(25-12(13)4)18(22)23-9-16(21)20-17-14(8-19)10(2)11(3)24-17/h7H,5-6,9H2,1-4H3,(H,20,21). The summed E-state index contributed by atoms with van der Waals surface area (Å²) in [6.45, 7) is 7.04. The summed E-state index contributed by atoms with van der Waals surface area (Å²) in [5, 5.41) is 11.6. The average Bonchev–Trinajstić information content (AvgIpc) is 3.06. The third kappa shape index (κ3) is 4.28. The van der Waals surface area contributed by atoms with Crippen LogP contribution in [0.2, 0.25) is 0 Å². The van der Waals surface area contributed by atoms with Crippen molar-refractivity contribution in [3.8, 4) is 6.07 Å². The van der Waals surface area contributed by atoms with Crippen molar-refractivity contribution in [1.82, 2.24) is 0 Å². The van der Waals surface area contributed by atoms with Gasteiger partial charge < -0.3 is 9.15 Å². The second-order valence-corrected chi connectivity index (χ2v) is 6.92. The van der Waals surface area contributed by atoms with E-state index in [4.69, 9.17) is 14.4 Å². The molecule has 0 aliphatic rings. The molecule has 7 heteroatoms. The van der Waals surface area contributed by atoms with Crippen molar-refractivity contribution in [3.05, 3.63) is 38.3 Å². The molecule has 0 saturated heterocycles. The Bertz CT molecular complexity index is 842. The lowest BCUT2D eigenvalue weighted by Gasteiger charge is -2.04. The van der Waals surface area contributed by atoms with Crippen molar-refractivity contribution in [3.63, 3.8) is 0 Å². The van der Waals surface area contributed by atoms with E-state index in [0.717, 1.165) is 23.3 Å². The van der Waals surface area contributed by atoms with E-state index in [9.17, 15) is 9.59 Å². The van der Waals surface area contributed by atoms with Gasteiger partial charge in [0.1, 0.15) is 22.3 Å². The normalized spacial score (nSPS) is 10.4. The largest absolute Gasteiger partial charge is 0.451 e. The number of amides is 1. The Morgan fingerprint density at radius 3 is 2.72 bits per heavy atom. The molecule has 2 aromatic heterocycles. The molecule has 0 aliphatic heterocycles. The fourth-order valence-electron chi connectivity index (χ4n) is 2.35. The van der Waals surface area contributed by atoms with Gasteiger partial charge >= 0.3 is 5.97 Å². The summed E-state index contributed by atoms with van der Waals surface area (Å²) >= 11 is 1.36. The zero-order valence-electron chi connectivity index (χ0n) is 14.7. The molecular formula is C18H20N2O4S. The van der Waals surface area contributed by atoms with Gasteiger partial charge in [0.15, 0.2) is 6.61 Å². The molecule has 0 unspecified atom stereocenters. The van der Waals surface area contributed by atoms with Gasteiger partial charge in [-0.15, -0.1) is 11.3 Å². The molecule has 0 spiro atoms. The summed E-state index contributed by atoms with van der Waals surface area (Å²) in [6, 6.07) is 3.80. The molecule has 1 amide bonds. The lowest BCUT2D eigenvalue weighted by molar-refractivity contribution is -0.119. The van der Waals surface area contributed by atoms with E-state index in [1.54, 1.807) is 13.8 Å². The summed E-state index contributed by atoms with van der Waals surface area (Å²) in [7, 11) is 0. The van der Waals surface area contributed by atoms with Crippen LogP contribution in [0.4, 0.5) is 5.88 Å². The molecule has 0 fully saturated rings. The Balaban J connectivity index is 1.96. The van der Waals surface area contributed by atoms with Gasteiger partial charge in [0.2, 0.25) is 5.88 Å². The van der Waals surface area contributed by atoms with E-state index in [1.165, 1.54) is 11.3 Å². The number of furan rings is 1. The van der Waals surface area contributed by atoms with E-state index in [0.29, 0.717) is 16.2 Å². The van der Waals surface area contributed by atoms with Gasteiger partial charge in [-0.2, -0.15) is 5.26 Å². The highest BCUT2D eigenvalue weighted by Gasteiger charge is 2.19. The predicted molar refractivity (Wildman–Crippen MR) is 94.9 cm³/mol. The first-order chi connectivity index (χ1) is 11.9. The number of ether oxygens (including phenoxy) is 1. The zero-order chi connectivity index (χ0) is 18.6. The SMILES string of the molecule is CCCc1cc(C(=O)OCC(=O)Nc2oc(C)c(C)c2C#N)sc1C. The van der Waals surface area contributed by atoms with E-state index in [2.05, 4.69) is 12.2 Å². The number of hydrogen-bond donors (Lipinski definition) is 1. The Morgan fingerprint density at radius 1 is 1.36 bits per heavy atom. The lowest BCUT2D eigenvalue weighted by atomic mass is 10.1. The first-order valence-corrected chi connectivity index (χ1v) is 8.75. The van der Waals surface area contributed by atoms with Gasteiger partial charge in [0, 0.05) is 10.4 Å². The maximum absolute atomic E-state index is 12.1. The second-order valence-electron chi connectivity index (χ2n) is 5.67. The predicted octanol–water partition coefficient (Wildman–Crippen LogP) is 3.89. The number of esters is 1. The van der Waals surface area contributed by atoms with E-state index >= 15 is 0 Å². The van der Waals surface area contributed by atoms with E-state index in [1.807, 2.05) is 19.1 Å². The number of carbonyl (C=O) groups is 2. The number of hydrogen-bond acceptors (Lipinski definition) is 6. The fourth-order valence-corrected chi connectivity index (χ4v) is 3.32. The van der Waals surface area contributed by atoms with Crippen LogP contribution in [0.15, 0.2) is 10.5 Å². The summed E-state index contributed by atoms with van der Waals surface area (Å²) < 4.78 is 10.4. The van der Waals surface area contributed by atoms with Gasteiger partial charge in [0.05, 0.1) is 0 Å². The highest BCUT2D eigenvalue weighted by Crippen LogP contribution is 2.25. The second kappa shape index (κ2) is 7.99. The van der Waals surface area contributed by atoms with Crippen LogP contribution in [0.1, 0.15) is 50.3 Å². The number of nitrogens with one attached hydrogen (secondary N) is 1. The van der Waals surface area contributed by atoms with Crippen LogP contribution in [-0.4, -0.2) is 18.5 Å². The van der Waals surface area contributed by atoms with Crippen LogP contribution < -0.4 is 5.32 Å². The van der Waals surface area contributed by atoms with Crippen LogP contribution in [-0.2, 0) is 16.0 Å². The van der Waals surface area contributed by atoms with Gasteiger partial charge in [-0.05, 0) is 38.8 Å². The molecule has 0 aliphatic carbocycles. The first kappa shape index (κ1) is 18.7. The van der Waals surface area contributed by atoms with Crippen LogP contribution in [0.5, 0.6) is 0 Å². The minimum absolute atomic E-state index is 0.0794. The zero-order valence-corrected chi connectivity index (χ0v) is 15.5. The molecule has 2 heterocycles. The molecule has 6 nitrogen and oxygen atoms in total.